The van der Waals surface area contributed by atoms with Gasteiger partial charge in [-0.3, -0.25) is 0 Å². The zero-order chi connectivity index (χ0) is 45.5. The number of hydrogen-bond acceptors (Lipinski definition) is 0. The van der Waals surface area contributed by atoms with Gasteiger partial charge in [-0.15, -0.1) is 0 Å². The van der Waals surface area contributed by atoms with Crippen LogP contribution in [0.5, 0.6) is 0 Å². The molecule has 21 rings (SSSR count). The third-order valence-corrected chi connectivity index (χ3v) is 22.9. The van der Waals surface area contributed by atoms with E-state index >= 15 is 0 Å². The number of rotatable bonds is 5. The van der Waals surface area contributed by atoms with Crippen molar-refractivity contribution in [2.24, 2.45) is 40.9 Å². The van der Waals surface area contributed by atoms with Crippen molar-refractivity contribution in [3.05, 3.63) is 318 Å². The van der Waals surface area contributed by atoms with Gasteiger partial charge in [0.1, 0.15) is 0 Å². The van der Waals surface area contributed by atoms with Crippen LogP contribution in [-0.2, 0) is 27.1 Å². The fourth-order valence-corrected chi connectivity index (χ4v) is 22.3. The van der Waals surface area contributed by atoms with Gasteiger partial charge in [0.15, 0.2) is 0 Å². The van der Waals surface area contributed by atoms with Crippen LogP contribution in [0.25, 0.3) is 22.3 Å². The first kappa shape index (κ1) is 35.5. The minimum Gasteiger partial charge on any atom is -0.0802 e. The van der Waals surface area contributed by atoms with Crippen LogP contribution in [0.2, 0.25) is 0 Å². The van der Waals surface area contributed by atoms with Gasteiger partial charge in [0.25, 0.3) is 0 Å². The first-order chi connectivity index (χ1) is 35.1. The van der Waals surface area contributed by atoms with Gasteiger partial charge < -0.3 is 0 Å². The molecule has 14 aliphatic carbocycles. The van der Waals surface area contributed by atoms with Crippen LogP contribution in [-0.4, -0.2) is 0 Å². The Balaban J connectivity index is 1.15. The van der Waals surface area contributed by atoms with Crippen LogP contribution in [0.3, 0.4) is 0 Å². The summed E-state index contributed by atoms with van der Waals surface area (Å²) in [6.45, 7) is 2.89. The molecule has 0 saturated heterocycles. The van der Waals surface area contributed by atoms with Crippen molar-refractivity contribution in [1.82, 2.24) is 0 Å². The van der Waals surface area contributed by atoms with Crippen molar-refractivity contribution in [3.63, 3.8) is 0 Å². The van der Waals surface area contributed by atoms with Gasteiger partial charge in [-0.2, -0.15) is 0 Å². The highest BCUT2D eigenvalue weighted by Crippen LogP contribution is 2.95. The van der Waals surface area contributed by atoms with Gasteiger partial charge in [0, 0.05) is 34.0 Å². The van der Waals surface area contributed by atoms with E-state index in [2.05, 4.69) is 219 Å². The SMILES string of the molecule is CC12C3=C4C5=C1C1(c6ccccc6)C6C7=C8C=CC9C%10C=CC%11=C(C%10C5(c5ccccc5)C9C81)C4(c1ccccc1)c1c%11ccc4c1C3(c1ccccc1)c1c-4ccc3c1C2(c1ccccc1)C6=C3C=C7. The Bertz CT molecular complexity index is 4190. The molecule has 12 unspecified atom stereocenters. The second kappa shape index (κ2) is 10.4. The Morgan fingerprint density at radius 1 is 0.366 bits per heavy atom. The Labute approximate surface area is 413 Å². The highest BCUT2D eigenvalue weighted by molar-refractivity contribution is 6.10. The molecule has 7 aromatic rings. The van der Waals surface area contributed by atoms with Crippen molar-refractivity contribution in [3.8, 4) is 11.1 Å². The van der Waals surface area contributed by atoms with Gasteiger partial charge in [-0.05, 0) is 146 Å². The van der Waals surface area contributed by atoms with E-state index in [9.17, 15) is 0 Å². The monoisotopic (exact) mass is 896 g/mol. The van der Waals surface area contributed by atoms with Crippen LogP contribution < -0.4 is 0 Å². The lowest BCUT2D eigenvalue weighted by molar-refractivity contribution is 0.0761. The van der Waals surface area contributed by atoms with Crippen molar-refractivity contribution in [1.29, 1.82) is 0 Å². The van der Waals surface area contributed by atoms with Gasteiger partial charge in [-0.1, -0.05) is 219 Å². The summed E-state index contributed by atoms with van der Waals surface area (Å²) < 4.78 is 0. The molecule has 7 aromatic carbocycles. The number of hydrogen-bond donors (Lipinski definition) is 0. The molecule has 0 bridgehead atoms. The molecule has 3 saturated carbocycles. The van der Waals surface area contributed by atoms with Gasteiger partial charge >= 0.3 is 0 Å². The Hall–Kier alpha value is -7.54. The lowest BCUT2D eigenvalue weighted by atomic mass is 9.31. The summed E-state index contributed by atoms with van der Waals surface area (Å²) in [7, 11) is 0. The smallest absolute Gasteiger partial charge is 0.0695 e. The molecular formula is C71H44. The van der Waals surface area contributed by atoms with Gasteiger partial charge in [0.05, 0.1) is 16.2 Å². The predicted molar refractivity (Wildman–Crippen MR) is 280 cm³/mol. The number of allylic oxidation sites excluding steroid dienone is 16. The summed E-state index contributed by atoms with van der Waals surface area (Å²) in [5, 5.41) is 0. The van der Waals surface area contributed by atoms with Crippen molar-refractivity contribution in [2.75, 3.05) is 0 Å². The third-order valence-electron chi connectivity index (χ3n) is 22.9. The lowest BCUT2D eigenvalue weighted by Crippen LogP contribution is -2.68. The molecule has 0 aliphatic heterocycles. The first-order valence-corrected chi connectivity index (χ1v) is 26.6. The Morgan fingerprint density at radius 3 is 1.55 bits per heavy atom. The molecule has 0 N–H and O–H groups in total. The molecule has 0 amide bonds. The molecule has 14 aliphatic rings. The Kier molecular flexibility index (Phi) is 5.22. The van der Waals surface area contributed by atoms with Crippen LogP contribution in [0, 0.1) is 40.9 Å². The van der Waals surface area contributed by atoms with Gasteiger partial charge in [0.2, 0.25) is 0 Å². The van der Waals surface area contributed by atoms with E-state index in [4.69, 9.17) is 0 Å². The quantitative estimate of drug-likeness (QED) is 0.161. The maximum absolute atomic E-state index is 2.89. The summed E-state index contributed by atoms with van der Waals surface area (Å²) in [4.78, 5) is 0. The lowest BCUT2D eigenvalue weighted by Gasteiger charge is -2.70. The maximum Gasteiger partial charge on any atom is 0.0695 e. The second-order valence-electron chi connectivity index (χ2n) is 24.0. The topological polar surface area (TPSA) is 0 Å². The van der Waals surface area contributed by atoms with Crippen LogP contribution in [0.1, 0.15) is 68.1 Å². The summed E-state index contributed by atoms with van der Waals surface area (Å²) in [6.07, 6.45) is 16.2. The van der Waals surface area contributed by atoms with Crippen LogP contribution in [0.4, 0.5) is 0 Å². The summed E-state index contributed by atoms with van der Waals surface area (Å²) in [6, 6.07) is 71.4. The van der Waals surface area contributed by atoms with E-state index in [-0.39, 0.29) is 28.6 Å². The van der Waals surface area contributed by atoms with E-state index in [0.29, 0.717) is 17.8 Å². The van der Waals surface area contributed by atoms with Crippen LogP contribution >= 0.6 is 0 Å². The molecule has 0 radical (unpaired) electrons. The summed E-state index contributed by atoms with van der Waals surface area (Å²) >= 11 is 0. The largest absolute Gasteiger partial charge is 0.0802 e. The zero-order valence-corrected chi connectivity index (χ0v) is 39.2. The van der Waals surface area contributed by atoms with E-state index in [1.54, 1.807) is 72.4 Å². The number of benzene rings is 7. The van der Waals surface area contributed by atoms with Crippen molar-refractivity contribution < 1.29 is 0 Å². The van der Waals surface area contributed by atoms with Gasteiger partial charge in [-0.25, -0.2) is 0 Å². The normalized spacial score (nSPS) is 38.4. The third kappa shape index (κ3) is 2.82. The van der Waals surface area contributed by atoms with Crippen molar-refractivity contribution >= 4 is 11.1 Å². The maximum atomic E-state index is 2.89. The number of fused-ring (bicyclic) bond motifs is 4. The van der Waals surface area contributed by atoms with E-state index in [1.165, 1.54) is 55.7 Å². The predicted octanol–water partition coefficient (Wildman–Crippen LogP) is 14.4. The minimum absolute atomic E-state index is 0.167. The fourth-order valence-electron chi connectivity index (χ4n) is 22.3. The minimum atomic E-state index is -0.537. The molecule has 0 heteroatoms. The zero-order valence-electron chi connectivity index (χ0n) is 39.2. The molecule has 3 fully saturated rings. The van der Waals surface area contributed by atoms with Crippen molar-refractivity contribution in [2.45, 2.75) is 34.0 Å². The average Bonchev–Trinajstić information content (AvgIpc) is 4.41. The fraction of sp³-hybridized carbons (Fsp3) is 0.183. The molecular weight excluding hydrogens is 853 g/mol. The molecule has 0 nitrogen and oxygen atoms in total. The molecule has 12 atom stereocenters. The molecule has 0 heterocycles. The first-order valence-electron chi connectivity index (χ1n) is 26.6. The highest BCUT2D eigenvalue weighted by Gasteiger charge is 2.90. The van der Waals surface area contributed by atoms with E-state index in [0.717, 1.165) is 0 Å². The second-order valence-corrected chi connectivity index (χ2v) is 24.0. The van der Waals surface area contributed by atoms with E-state index in [1.807, 2.05) is 0 Å². The molecule has 328 valence electrons. The summed E-state index contributed by atoms with van der Waals surface area (Å²) in [5.41, 5.74) is 33.5. The Morgan fingerprint density at radius 2 is 0.887 bits per heavy atom. The summed E-state index contributed by atoms with van der Waals surface area (Å²) in [5.74, 6) is 1.75. The molecule has 71 heavy (non-hydrogen) atoms. The molecule has 0 spiro atoms. The molecule has 0 aromatic heterocycles. The van der Waals surface area contributed by atoms with Crippen LogP contribution in [0.15, 0.2) is 257 Å². The standard InChI is InChI=1S/C71H44/c1-66-64-62-63-65(66)70(40-23-13-5-14-24-40)57-47-32-30-45-43-28-27-42-44-29-31-46-48-33-35-50-51-36-34-49(47)59(70)61(51)71(66,41-25-15-6-16-26-41)60(50)58(48)69(64,39-21-11-4-12-22-39)56(46)54(44)67(62,37-17-7-2-8-18-37)52(42)53(43)68(63,55(45)57)38-19-9-3-10-20-38/h2-36,42,44,52,54,56,58H,1H3. The average molecular weight is 897 g/mol. The highest BCUT2D eigenvalue weighted by atomic mass is 14.9. The van der Waals surface area contributed by atoms with E-state index < -0.39 is 21.7 Å².